The summed E-state index contributed by atoms with van der Waals surface area (Å²) >= 11 is 0. The molecule has 0 unspecified atom stereocenters. The standard InChI is InChI=1S/C52H68N12O8/c1-31-44(46(57)63-47(59-31)34-13-16-37(17-14-34)72-36-10-6-4-5-7-11-36)50(67)61-40(20-23-55)52(69)64(3)45-35-15-19-43(71-27-9-22-54)39(30-35)38-28-33(12-18-42(38)70-26-8-21-53)29-41(49(66)58-25-24-56)62-48(65)32(2)60-51(45)68/h12-19,28,30,32,36,40-41,45H,4-11,20-23,25-27,29,53-55H2,1-3H3,(H,58,66)(H,60,68)(H,61,67)(H,62,65)(H2,57,59,63)/t32-,40-,41-,45-/m0/s1. The Balaban J connectivity index is 1.34. The molecule has 4 bridgehead atoms. The van der Waals surface area contributed by atoms with Crippen molar-refractivity contribution in [2.75, 3.05) is 52.2 Å². The van der Waals surface area contributed by atoms with E-state index in [4.69, 9.17) is 37.1 Å². The minimum atomic E-state index is -1.43. The molecule has 5 amide bonds. The van der Waals surface area contributed by atoms with Crippen molar-refractivity contribution in [1.29, 1.82) is 5.26 Å². The molecule has 3 aromatic carbocycles. The number of carbonyl (C=O) groups excluding carboxylic acids is 5. The quantitative estimate of drug-likeness (QED) is 0.0380. The highest BCUT2D eigenvalue weighted by Crippen LogP contribution is 2.40. The van der Waals surface area contributed by atoms with E-state index in [2.05, 4.69) is 31.2 Å². The average molecular weight is 989 g/mol. The zero-order chi connectivity index (χ0) is 51.7. The fourth-order valence-electron chi connectivity index (χ4n) is 8.79. The number of aromatic nitrogens is 2. The number of nitrogens with zero attached hydrogens (tertiary/aromatic N) is 4. The number of aryl methyl sites for hydroxylation is 1. The van der Waals surface area contributed by atoms with E-state index in [0.29, 0.717) is 71.1 Å². The fourth-order valence-corrected chi connectivity index (χ4v) is 8.79. The Morgan fingerprint density at radius 3 is 2.14 bits per heavy atom. The van der Waals surface area contributed by atoms with Gasteiger partial charge in [0.1, 0.15) is 59.3 Å². The highest BCUT2D eigenvalue weighted by atomic mass is 16.5. The van der Waals surface area contributed by atoms with Gasteiger partial charge in [-0.2, -0.15) is 5.26 Å². The van der Waals surface area contributed by atoms with Gasteiger partial charge in [-0.15, -0.1) is 0 Å². The molecule has 2 heterocycles. The SMILES string of the molecule is Cc1nc(-c2ccc(OC3CCCCCC3)cc2)nc(N)c1C(=O)N[C@@H](CCN)C(=O)N(C)[C@@H]1C(=O)N[C@@H](C)C(=O)N[C@H](C(=O)NCC#N)Cc2ccc(OCCCN)c(c2)-c2cc1ccc2OCCCN. The minimum Gasteiger partial charge on any atom is -0.493 e. The number of hydrogen-bond donors (Lipinski definition) is 8. The van der Waals surface area contributed by atoms with E-state index in [-0.39, 0.29) is 62.3 Å². The minimum absolute atomic E-state index is 0.00228. The Labute approximate surface area is 420 Å². The van der Waals surface area contributed by atoms with Gasteiger partial charge in [-0.1, -0.05) is 25.0 Å². The van der Waals surface area contributed by atoms with Crippen LogP contribution in [-0.4, -0.2) is 115 Å². The predicted octanol–water partition coefficient (Wildman–Crippen LogP) is 3.09. The van der Waals surface area contributed by atoms with E-state index in [9.17, 15) is 29.2 Å². The highest BCUT2D eigenvalue weighted by Gasteiger charge is 2.36. The number of benzene rings is 3. The van der Waals surface area contributed by atoms with Crippen LogP contribution in [0.25, 0.3) is 22.5 Å². The zero-order valence-corrected chi connectivity index (χ0v) is 41.3. The molecule has 4 aromatic rings. The number of nitrogens with one attached hydrogen (secondary N) is 4. The molecule has 0 spiro atoms. The molecule has 20 nitrogen and oxygen atoms in total. The first-order valence-electron chi connectivity index (χ1n) is 24.6. The first-order chi connectivity index (χ1) is 34.8. The van der Waals surface area contributed by atoms with Crippen molar-refractivity contribution in [3.05, 3.63) is 83.0 Å². The maximum atomic E-state index is 14.8. The summed E-state index contributed by atoms with van der Waals surface area (Å²) in [7, 11) is 1.41. The maximum Gasteiger partial charge on any atom is 0.257 e. The third kappa shape index (κ3) is 14.0. The van der Waals surface area contributed by atoms with E-state index in [1.807, 2.05) is 30.3 Å². The van der Waals surface area contributed by atoms with Crippen molar-refractivity contribution >= 4 is 35.4 Å². The van der Waals surface area contributed by atoms with Crippen LogP contribution in [-0.2, 0) is 25.6 Å². The van der Waals surface area contributed by atoms with Crippen LogP contribution in [0.5, 0.6) is 17.2 Å². The van der Waals surface area contributed by atoms with Crippen molar-refractivity contribution in [1.82, 2.24) is 36.1 Å². The number of hydrogen-bond acceptors (Lipinski definition) is 15. The number of fused-ring (bicyclic) bond motifs is 5. The number of likely N-dealkylation sites (N-methyl/N-ethyl adjacent to an activating group) is 1. The second-order valence-electron chi connectivity index (χ2n) is 18.0. The van der Waals surface area contributed by atoms with Crippen molar-refractivity contribution in [2.24, 2.45) is 17.2 Å². The van der Waals surface area contributed by atoms with Gasteiger partial charge >= 0.3 is 0 Å². The first kappa shape index (κ1) is 54.0. The molecular weight excluding hydrogens is 921 g/mol. The Bertz CT molecular complexity index is 2560. The molecule has 1 aliphatic carbocycles. The van der Waals surface area contributed by atoms with Gasteiger partial charge in [0.15, 0.2) is 5.82 Å². The van der Waals surface area contributed by atoms with Crippen molar-refractivity contribution < 1.29 is 38.2 Å². The van der Waals surface area contributed by atoms with Crippen LogP contribution in [0.1, 0.15) is 97.9 Å². The van der Waals surface area contributed by atoms with Crippen LogP contribution in [0, 0.1) is 18.3 Å². The van der Waals surface area contributed by atoms with Gasteiger partial charge in [-0.25, -0.2) is 9.97 Å². The van der Waals surface area contributed by atoms with Gasteiger partial charge in [0.25, 0.3) is 5.91 Å². The molecule has 4 atom stereocenters. The van der Waals surface area contributed by atoms with Gasteiger partial charge < -0.3 is 63.3 Å². The molecule has 0 saturated heterocycles. The van der Waals surface area contributed by atoms with Crippen LogP contribution < -0.4 is 58.4 Å². The van der Waals surface area contributed by atoms with Crippen molar-refractivity contribution in [2.45, 2.75) is 108 Å². The summed E-state index contributed by atoms with van der Waals surface area (Å²) in [6.07, 6.45) is 7.98. The van der Waals surface area contributed by atoms with Crippen LogP contribution in [0.3, 0.4) is 0 Å². The Kier molecular flexibility index (Phi) is 19.7. The van der Waals surface area contributed by atoms with Crippen LogP contribution in [0.4, 0.5) is 5.82 Å². The molecule has 0 radical (unpaired) electrons. The van der Waals surface area contributed by atoms with E-state index in [1.165, 1.54) is 31.7 Å². The van der Waals surface area contributed by atoms with Gasteiger partial charge in [-0.05, 0) is 138 Å². The second-order valence-corrected chi connectivity index (χ2v) is 18.0. The van der Waals surface area contributed by atoms with E-state index in [1.54, 1.807) is 43.3 Å². The molecule has 72 heavy (non-hydrogen) atoms. The lowest BCUT2D eigenvalue weighted by molar-refractivity contribution is -0.141. The topological polar surface area (TPSA) is 318 Å². The van der Waals surface area contributed by atoms with Gasteiger partial charge in [0.2, 0.25) is 23.6 Å². The molecule has 2 aliphatic rings. The summed E-state index contributed by atoms with van der Waals surface area (Å²) in [5.41, 5.74) is 27.0. The Morgan fingerprint density at radius 1 is 0.861 bits per heavy atom. The number of nitriles is 1. The first-order valence-corrected chi connectivity index (χ1v) is 24.6. The lowest BCUT2D eigenvalue weighted by atomic mass is 9.93. The molecule has 384 valence electrons. The number of rotatable bonds is 19. The van der Waals surface area contributed by atoms with Gasteiger partial charge in [-0.3, -0.25) is 24.0 Å². The smallest absolute Gasteiger partial charge is 0.257 e. The normalized spacial score (nSPS) is 17.7. The van der Waals surface area contributed by atoms with Crippen LogP contribution >= 0.6 is 0 Å². The number of ether oxygens (including phenoxy) is 3. The number of nitrogen functional groups attached to an aromatic ring is 1. The molecule has 1 saturated carbocycles. The third-order valence-electron chi connectivity index (χ3n) is 12.6. The lowest BCUT2D eigenvalue weighted by Gasteiger charge is -2.32. The highest BCUT2D eigenvalue weighted by molar-refractivity contribution is 6.02. The van der Waals surface area contributed by atoms with Gasteiger partial charge in [0, 0.05) is 30.2 Å². The summed E-state index contributed by atoms with van der Waals surface area (Å²) in [6.45, 7) is 3.97. The van der Waals surface area contributed by atoms with E-state index >= 15 is 0 Å². The van der Waals surface area contributed by atoms with E-state index in [0.717, 1.165) is 31.4 Å². The summed E-state index contributed by atoms with van der Waals surface area (Å²) in [4.78, 5) is 81.2. The van der Waals surface area contributed by atoms with Crippen LogP contribution in [0.2, 0.25) is 0 Å². The molecule has 20 heteroatoms. The average Bonchev–Trinajstić information content (AvgIpc) is 3.64. The largest absolute Gasteiger partial charge is 0.493 e. The summed E-state index contributed by atoms with van der Waals surface area (Å²) in [5.74, 6) is -1.75. The summed E-state index contributed by atoms with van der Waals surface area (Å²) in [6, 6.07) is 14.5. The zero-order valence-electron chi connectivity index (χ0n) is 41.3. The molecule has 6 rings (SSSR count). The summed E-state index contributed by atoms with van der Waals surface area (Å²) < 4.78 is 18.8. The molecule has 1 aliphatic heterocycles. The number of carbonyl (C=O) groups is 5. The van der Waals surface area contributed by atoms with E-state index < -0.39 is 53.7 Å². The second kappa shape index (κ2) is 26.2. The Hall–Kier alpha value is -7.34. The number of nitrogens with two attached hydrogens (primary N) is 4. The lowest BCUT2D eigenvalue weighted by Crippen LogP contribution is -2.56. The molecule has 1 aromatic heterocycles. The van der Waals surface area contributed by atoms with Crippen LogP contribution in [0.15, 0.2) is 60.7 Å². The summed E-state index contributed by atoms with van der Waals surface area (Å²) in [5, 5.41) is 20.0. The fraction of sp³-hybridized carbons (Fsp3) is 0.462. The molecule has 12 N–H and O–H groups in total. The third-order valence-corrected chi connectivity index (χ3v) is 12.6. The predicted molar refractivity (Wildman–Crippen MR) is 271 cm³/mol. The van der Waals surface area contributed by atoms with Crippen molar-refractivity contribution in [3.63, 3.8) is 0 Å². The monoisotopic (exact) mass is 989 g/mol. The van der Waals surface area contributed by atoms with Crippen molar-refractivity contribution in [3.8, 4) is 45.8 Å². The molecular formula is C52H68N12O8. The number of amides is 5. The molecule has 1 fully saturated rings. The van der Waals surface area contributed by atoms with Gasteiger partial charge in [0.05, 0.1) is 31.1 Å². The number of anilines is 1. The Morgan fingerprint density at radius 2 is 1.51 bits per heavy atom. The maximum absolute atomic E-state index is 14.8.